The van der Waals surface area contributed by atoms with E-state index in [1.807, 2.05) is 70.1 Å². The second-order valence-corrected chi connectivity index (χ2v) is 6.28. The second kappa shape index (κ2) is 12.8. The van der Waals surface area contributed by atoms with Gasteiger partial charge in [-0.05, 0) is 38.7 Å². The van der Waals surface area contributed by atoms with Crippen molar-refractivity contribution in [2.75, 3.05) is 27.2 Å². The molecule has 2 rings (SSSR count). The van der Waals surface area contributed by atoms with Gasteiger partial charge in [0, 0.05) is 36.6 Å². The van der Waals surface area contributed by atoms with E-state index in [1.165, 1.54) is 0 Å². The van der Waals surface area contributed by atoms with Crippen molar-refractivity contribution >= 4 is 11.6 Å². The van der Waals surface area contributed by atoms with E-state index in [-0.39, 0.29) is 11.8 Å². The zero-order valence-electron chi connectivity index (χ0n) is 17.2. The topological polar surface area (TPSA) is 69.6 Å². The predicted molar refractivity (Wildman–Crippen MR) is 112 cm³/mol. The molecule has 1 aliphatic heterocycles. The Labute approximate surface area is 163 Å². The lowest BCUT2D eigenvalue weighted by Gasteiger charge is -2.19. The molecule has 1 aromatic rings. The van der Waals surface area contributed by atoms with Crippen molar-refractivity contribution < 1.29 is 4.79 Å². The molecule has 6 nitrogen and oxygen atoms in total. The first-order valence-electron chi connectivity index (χ1n) is 9.62. The van der Waals surface area contributed by atoms with Crippen LogP contribution < -0.4 is 10.7 Å². The molecule has 1 unspecified atom stereocenters. The molecule has 0 aromatic carbocycles. The average Bonchev–Trinajstić information content (AvgIpc) is 2.80. The number of carbonyl (C=O) groups is 1. The standard InChI is InChI=1S/C19H27N5O.C2H6/c1-4-15(14-24(2)3)19(25)22-17-6-5-11-21-23-18(8-7-17)16-9-12-20-13-10-16;1-2/h5-7,9-10,12-13,15,21H,4,8,11,14H2,1-3H3,(H,22,25);1-2H3/b6-5-,17-7+,23-18+;. The molecule has 0 bridgehead atoms. The third-order valence-electron chi connectivity index (χ3n) is 3.97. The molecule has 148 valence electrons. The average molecular weight is 372 g/mol. The largest absolute Gasteiger partial charge is 0.326 e. The molecule has 1 aliphatic rings. The fourth-order valence-electron chi connectivity index (χ4n) is 2.60. The van der Waals surface area contributed by atoms with Crippen molar-refractivity contribution in [3.8, 4) is 0 Å². The minimum atomic E-state index is -0.0246. The van der Waals surface area contributed by atoms with Crippen LogP contribution in [0, 0.1) is 5.92 Å². The number of nitrogens with one attached hydrogen (secondary N) is 2. The zero-order chi connectivity index (χ0) is 20.1. The third kappa shape index (κ3) is 8.17. The van der Waals surface area contributed by atoms with Crippen LogP contribution in [0.15, 0.2) is 53.6 Å². The van der Waals surface area contributed by atoms with Gasteiger partial charge in [0.15, 0.2) is 0 Å². The van der Waals surface area contributed by atoms with Gasteiger partial charge in [0.1, 0.15) is 0 Å². The van der Waals surface area contributed by atoms with Crippen molar-refractivity contribution in [2.45, 2.75) is 33.6 Å². The van der Waals surface area contributed by atoms with E-state index in [2.05, 4.69) is 20.8 Å². The number of rotatable bonds is 6. The van der Waals surface area contributed by atoms with Crippen LogP contribution in [0.2, 0.25) is 0 Å². The van der Waals surface area contributed by atoms with Crippen molar-refractivity contribution in [3.05, 3.63) is 54.0 Å². The highest BCUT2D eigenvalue weighted by atomic mass is 16.1. The molecule has 0 fully saturated rings. The van der Waals surface area contributed by atoms with Crippen LogP contribution in [0.4, 0.5) is 0 Å². The van der Waals surface area contributed by atoms with Gasteiger partial charge in [-0.1, -0.05) is 32.9 Å². The highest BCUT2D eigenvalue weighted by Gasteiger charge is 2.17. The number of pyridine rings is 1. The lowest BCUT2D eigenvalue weighted by molar-refractivity contribution is -0.124. The molecule has 0 radical (unpaired) electrons. The number of nitrogens with zero attached hydrogens (tertiary/aromatic N) is 3. The van der Waals surface area contributed by atoms with Gasteiger partial charge in [-0.25, -0.2) is 0 Å². The van der Waals surface area contributed by atoms with Gasteiger partial charge >= 0.3 is 0 Å². The van der Waals surface area contributed by atoms with Crippen LogP contribution in [0.25, 0.3) is 0 Å². The van der Waals surface area contributed by atoms with E-state index in [0.717, 1.165) is 29.9 Å². The molecule has 27 heavy (non-hydrogen) atoms. The van der Waals surface area contributed by atoms with Crippen LogP contribution in [0.3, 0.4) is 0 Å². The van der Waals surface area contributed by atoms with Crippen molar-refractivity contribution in [1.82, 2.24) is 20.6 Å². The Bertz CT molecular complexity index is 650. The zero-order valence-corrected chi connectivity index (χ0v) is 17.2. The molecule has 1 aromatic heterocycles. The summed E-state index contributed by atoms with van der Waals surface area (Å²) in [6.07, 6.45) is 10.8. The molecule has 1 amide bonds. The SMILES string of the molecule is CC.CCC(CN(C)C)C(=O)NC1=C/C/C(c2ccncc2)=N\NC/C=C\1. The highest BCUT2D eigenvalue weighted by Crippen LogP contribution is 2.09. The van der Waals surface area contributed by atoms with Gasteiger partial charge in [-0.2, -0.15) is 5.10 Å². The summed E-state index contributed by atoms with van der Waals surface area (Å²) in [6, 6.07) is 3.87. The van der Waals surface area contributed by atoms with Crippen molar-refractivity contribution in [1.29, 1.82) is 0 Å². The van der Waals surface area contributed by atoms with Crippen LogP contribution in [-0.4, -0.2) is 48.7 Å². The maximum absolute atomic E-state index is 12.5. The maximum atomic E-state index is 12.5. The number of hydrazone groups is 1. The molecule has 0 spiro atoms. The summed E-state index contributed by atoms with van der Waals surface area (Å²) >= 11 is 0. The molecule has 2 heterocycles. The van der Waals surface area contributed by atoms with Crippen LogP contribution in [0.1, 0.15) is 39.2 Å². The monoisotopic (exact) mass is 371 g/mol. The van der Waals surface area contributed by atoms with E-state index < -0.39 is 0 Å². The molecule has 0 saturated carbocycles. The van der Waals surface area contributed by atoms with Crippen molar-refractivity contribution in [2.24, 2.45) is 11.0 Å². The van der Waals surface area contributed by atoms with Gasteiger partial charge in [0.2, 0.25) is 5.91 Å². The van der Waals surface area contributed by atoms with E-state index in [0.29, 0.717) is 13.0 Å². The van der Waals surface area contributed by atoms with Gasteiger partial charge in [-0.15, -0.1) is 0 Å². The molecule has 2 N–H and O–H groups in total. The molecule has 0 aliphatic carbocycles. The van der Waals surface area contributed by atoms with E-state index >= 15 is 0 Å². The molecular formula is C21H33N5O. The first-order valence-corrected chi connectivity index (χ1v) is 9.62. The normalized spacial score (nSPS) is 20.1. The summed E-state index contributed by atoms with van der Waals surface area (Å²) in [5.74, 6) is 0.0325. The Kier molecular flexibility index (Phi) is 10.7. The summed E-state index contributed by atoms with van der Waals surface area (Å²) < 4.78 is 0. The van der Waals surface area contributed by atoms with Crippen molar-refractivity contribution in [3.63, 3.8) is 0 Å². The Morgan fingerprint density at radius 3 is 2.63 bits per heavy atom. The van der Waals surface area contributed by atoms with E-state index in [4.69, 9.17) is 0 Å². The lowest BCUT2D eigenvalue weighted by atomic mass is 10.0. The minimum Gasteiger partial charge on any atom is -0.326 e. The maximum Gasteiger partial charge on any atom is 0.228 e. The summed E-state index contributed by atoms with van der Waals surface area (Å²) in [5.41, 5.74) is 5.78. The quantitative estimate of drug-likeness (QED) is 0.807. The number of hydrogen-bond donors (Lipinski definition) is 2. The van der Waals surface area contributed by atoms with Crippen LogP contribution >= 0.6 is 0 Å². The molecule has 0 saturated heterocycles. The smallest absolute Gasteiger partial charge is 0.228 e. The van der Waals surface area contributed by atoms with Gasteiger partial charge in [0.05, 0.1) is 18.2 Å². The number of amides is 1. The Hall–Kier alpha value is -2.47. The minimum absolute atomic E-state index is 0.0246. The predicted octanol–water partition coefficient (Wildman–Crippen LogP) is 2.95. The Morgan fingerprint density at radius 1 is 1.30 bits per heavy atom. The summed E-state index contributed by atoms with van der Waals surface area (Å²) in [6.45, 7) is 7.39. The molecule has 6 heteroatoms. The summed E-state index contributed by atoms with van der Waals surface area (Å²) in [5, 5.41) is 7.50. The first-order chi connectivity index (χ1) is 13.1. The fourth-order valence-corrected chi connectivity index (χ4v) is 2.60. The number of hydrogen-bond acceptors (Lipinski definition) is 5. The Morgan fingerprint density at radius 2 is 2.00 bits per heavy atom. The van der Waals surface area contributed by atoms with Crippen LogP contribution in [-0.2, 0) is 4.79 Å². The van der Waals surface area contributed by atoms with Gasteiger partial charge in [0.25, 0.3) is 0 Å². The second-order valence-electron chi connectivity index (χ2n) is 6.28. The number of carbonyl (C=O) groups excluding carboxylic acids is 1. The van der Waals surface area contributed by atoms with E-state index in [9.17, 15) is 4.79 Å². The highest BCUT2D eigenvalue weighted by molar-refractivity contribution is 6.01. The van der Waals surface area contributed by atoms with Gasteiger partial charge < -0.3 is 15.6 Å². The summed E-state index contributed by atoms with van der Waals surface area (Å²) in [7, 11) is 3.97. The fraction of sp³-hybridized carbons (Fsp3) is 0.476. The number of aromatic nitrogens is 1. The lowest BCUT2D eigenvalue weighted by Crippen LogP contribution is -2.35. The van der Waals surface area contributed by atoms with E-state index in [1.54, 1.807) is 12.4 Å². The Balaban J connectivity index is 0.00000176. The molecular weight excluding hydrogens is 338 g/mol. The third-order valence-corrected chi connectivity index (χ3v) is 3.97. The number of allylic oxidation sites excluding steroid dienone is 2. The first kappa shape index (κ1) is 22.6. The van der Waals surface area contributed by atoms with Gasteiger partial charge in [-0.3, -0.25) is 9.78 Å². The van der Waals surface area contributed by atoms with Crippen LogP contribution in [0.5, 0.6) is 0 Å². The summed E-state index contributed by atoms with van der Waals surface area (Å²) in [4.78, 5) is 18.6. The molecule has 1 atom stereocenters.